The van der Waals surface area contributed by atoms with Gasteiger partial charge in [-0.05, 0) is 32.4 Å². The van der Waals surface area contributed by atoms with Crippen molar-refractivity contribution in [2.45, 2.75) is 32.8 Å². The molecule has 98 valence electrons. The third kappa shape index (κ3) is 4.12. The Labute approximate surface area is 104 Å². The van der Waals surface area contributed by atoms with Crippen molar-refractivity contribution >= 4 is 11.7 Å². The Kier molecular flexibility index (Phi) is 4.00. The van der Waals surface area contributed by atoms with Gasteiger partial charge in [0.25, 0.3) is 0 Å². The highest BCUT2D eigenvalue weighted by atomic mass is 19.1. The Morgan fingerprint density at radius 1 is 1.44 bits per heavy atom. The Morgan fingerprint density at radius 3 is 2.50 bits per heavy atom. The lowest BCUT2D eigenvalue weighted by Gasteiger charge is -2.19. The number of esters is 1. The quantitative estimate of drug-likeness (QED) is 0.473. The predicted octanol–water partition coefficient (Wildman–Crippen LogP) is 2.62. The van der Waals surface area contributed by atoms with E-state index in [1.54, 1.807) is 20.8 Å². The lowest BCUT2D eigenvalue weighted by atomic mass is 10.1. The van der Waals surface area contributed by atoms with E-state index < -0.39 is 28.0 Å². The molecule has 0 aromatic heterocycles. The second kappa shape index (κ2) is 5.12. The van der Waals surface area contributed by atoms with Gasteiger partial charge >= 0.3 is 11.7 Å². The number of hydrogen-bond acceptors (Lipinski definition) is 4. The van der Waals surface area contributed by atoms with E-state index in [1.165, 1.54) is 6.07 Å². The number of carbonyl (C=O) groups excluding carboxylic acids is 1. The summed E-state index contributed by atoms with van der Waals surface area (Å²) >= 11 is 0. The molecule has 0 radical (unpaired) electrons. The maximum Gasteiger partial charge on any atom is 0.310 e. The smallest absolute Gasteiger partial charge is 0.310 e. The van der Waals surface area contributed by atoms with Crippen LogP contribution in [0.1, 0.15) is 26.3 Å². The van der Waals surface area contributed by atoms with Crippen molar-refractivity contribution in [1.29, 1.82) is 0 Å². The number of ether oxygens (including phenoxy) is 1. The Bertz CT molecular complexity index is 479. The molecule has 0 atom stereocenters. The van der Waals surface area contributed by atoms with Gasteiger partial charge in [-0.2, -0.15) is 4.39 Å². The molecule has 0 aliphatic carbocycles. The fourth-order valence-electron chi connectivity index (χ4n) is 1.35. The second-order valence-corrected chi connectivity index (χ2v) is 4.81. The third-order valence-electron chi connectivity index (χ3n) is 1.98. The topological polar surface area (TPSA) is 69.4 Å². The Morgan fingerprint density at radius 2 is 2.06 bits per heavy atom. The van der Waals surface area contributed by atoms with E-state index in [0.29, 0.717) is 5.56 Å². The average molecular weight is 255 g/mol. The lowest BCUT2D eigenvalue weighted by Crippen LogP contribution is -2.24. The summed E-state index contributed by atoms with van der Waals surface area (Å²) < 4.78 is 18.4. The van der Waals surface area contributed by atoms with Crippen LogP contribution in [0.15, 0.2) is 18.2 Å². The maximum atomic E-state index is 13.3. The van der Waals surface area contributed by atoms with Crippen LogP contribution < -0.4 is 0 Å². The highest BCUT2D eigenvalue weighted by Crippen LogP contribution is 2.19. The number of nitrogens with zero attached hydrogens (tertiary/aromatic N) is 1. The van der Waals surface area contributed by atoms with Crippen molar-refractivity contribution in [1.82, 2.24) is 0 Å². The molecule has 0 unspecified atom stereocenters. The molecule has 1 rings (SSSR count). The minimum Gasteiger partial charge on any atom is -0.460 e. The van der Waals surface area contributed by atoms with Crippen molar-refractivity contribution in [2.75, 3.05) is 0 Å². The molecule has 0 amide bonds. The molecule has 5 nitrogen and oxygen atoms in total. The molecule has 0 aliphatic heterocycles. The summed E-state index contributed by atoms with van der Waals surface area (Å²) in [6.07, 6.45) is -0.119. The highest BCUT2D eigenvalue weighted by molar-refractivity contribution is 5.73. The van der Waals surface area contributed by atoms with Gasteiger partial charge in [0.15, 0.2) is 0 Å². The summed E-state index contributed by atoms with van der Waals surface area (Å²) in [5, 5.41) is 10.4. The summed E-state index contributed by atoms with van der Waals surface area (Å²) in [6, 6.07) is 3.35. The fraction of sp³-hybridized carbons (Fsp3) is 0.417. The first kappa shape index (κ1) is 14.1. The molecule has 0 fully saturated rings. The molecule has 0 N–H and O–H groups in total. The van der Waals surface area contributed by atoms with Crippen LogP contribution in [-0.2, 0) is 16.0 Å². The summed E-state index contributed by atoms with van der Waals surface area (Å²) in [5.74, 6) is -1.46. The zero-order chi connectivity index (χ0) is 13.9. The normalized spacial score (nSPS) is 11.1. The molecule has 0 bridgehead atoms. The zero-order valence-corrected chi connectivity index (χ0v) is 10.4. The summed E-state index contributed by atoms with van der Waals surface area (Å²) in [6.45, 7) is 5.17. The SMILES string of the molecule is CC(C)(C)OC(=O)Cc1ccc([N+](=O)[O-])c(F)c1. The molecule has 6 heteroatoms. The fourth-order valence-corrected chi connectivity index (χ4v) is 1.35. The van der Waals surface area contributed by atoms with E-state index in [4.69, 9.17) is 4.74 Å². The molecule has 1 aromatic carbocycles. The van der Waals surface area contributed by atoms with E-state index in [-0.39, 0.29) is 6.42 Å². The number of nitro benzene ring substituents is 1. The van der Waals surface area contributed by atoms with Gasteiger partial charge in [0, 0.05) is 6.07 Å². The van der Waals surface area contributed by atoms with Crippen LogP contribution in [0.2, 0.25) is 0 Å². The van der Waals surface area contributed by atoms with E-state index in [2.05, 4.69) is 0 Å². The monoisotopic (exact) mass is 255 g/mol. The Balaban J connectivity index is 2.78. The number of nitro groups is 1. The maximum absolute atomic E-state index is 13.3. The van der Waals surface area contributed by atoms with Gasteiger partial charge in [0.2, 0.25) is 5.82 Å². The molecule has 0 saturated carbocycles. The first-order chi connectivity index (χ1) is 8.19. The molecule has 0 saturated heterocycles. The van der Waals surface area contributed by atoms with Gasteiger partial charge < -0.3 is 4.74 Å². The van der Waals surface area contributed by atoms with Gasteiger partial charge in [-0.25, -0.2) is 0 Å². The highest BCUT2D eigenvalue weighted by Gasteiger charge is 2.18. The minimum absolute atomic E-state index is 0.119. The second-order valence-electron chi connectivity index (χ2n) is 4.81. The minimum atomic E-state index is -0.957. The van der Waals surface area contributed by atoms with Gasteiger partial charge in [-0.1, -0.05) is 6.07 Å². The number of rotatable bonds is 3. The molecule has 0 heterocycles. The van der Waals surface area contributed by atoms with Crippen molar-refractivity contribution in [3.8, 4) is 0 Å². The van der Waals surface area contributed by atoms with Crippen LogP contribution in [0, 0.1) is 15.9 Å². The number of halogens is 1. The van der Waals surface area contributed by atoms with Crippen molar-refractivity contribution in [2.24, 2.45) is 0 Å². The molecule has 18 heavy (non-hydrogen) atoms. The first-order valence-corrected chi connectivity index (χ1v) is 5.34. The largest absolute Gasteiger partial charge is 0.460 e. The zero-order valence-electron chi connectivity index (χ0n) is 10.4. The summed E-state index contributed by atoms with van der Waals surface area (Å²) in [7, 11) is 0. The van der Waals surface area contributed by atoms with Crippen LogP contribution in [0.5, 0.6) is 0 Å². The number of carbonyl (C=O) groups is 1. The predicted molar refractivity (Wildman–Crippen MR) is 62.6 cm³/mol. The van der Waals surface area contributed by atoms with Crippen molar-refractivity contribution < 1.29 is 18.8 Å². The van der Waals surface area contributed by atoms with E-state index in [0.717, 1.165) is 12.1 Å². The average Bonchev–Trinajstić information content (AvgIpc) is 2.13. The molecule has 1 aromatic rings. The van der Waals surface area contributed by atoms with Gasteiger partial charge in [0.1, 0.15) is 5.60 Å². The lowest BCUT2D eigenvalue weighted by molar-refractivity contribution is -0.387. The number of benzene rings is 1. The molecular formula is C12H14FNO4. The van der Waals surface area contributed by atoms with Crippen LogP contribution in [0.3, 0.4) is 0 Å². The van der Waals surface area contributed by atoms with Crippen molar-refractivity contribution in [3.05, 3.63) is 39.7 Å². The van der Waals surface area contributed by atoms with Gasteiger partial charge in [-0.3, -0.25) is 14.9 Å². The molecule has 0 spiro atoms. The molecular weight excluding hydrogens is 241 g/mol. The van der Waals surface area contributed by atoms with Gasteiger partial charge in [0.05, 0.1) is 11.3 Å². The summed E-state index contributed by atoms with van der Waals surface area (Å²) in [4.78, 5) is 21.1. The Hall–Kier alpha value is -1.98. The van der Waals surface area contributed by atoms with Crippen molar-refractivity contribution in [3.63, 3.8) is 0 Å². The summed E-state index contributed by atoms with van der Waals surface area (Å²) in [5.41, 5.74) is -0.883. The number of hydrogen-bond donors (Lipinski definition) is 0. The van der Waals surface area contributed by atoms with Crippen LogP contribution >= 0.6 is 0 Å². The molecule has 0 aliphatic rings. The first-order valence-electron chi connectivity index (χ1n) is 5.34. The van der Waals surface area contributed by atoms with E-state index in [1.807, 2.05) is 0 Å². The third-order valence-corrected chi connectivity index (χ3v) is 1.98. The van der Waals surface area contributed by atoms with E-state index in [9.17, 15) is 19.3 Å². The standard InChI is InChI=1S/C12H14FNO4/c1-12(2,3)18-11(15)7-8-4-5-10(14(16)17)9(13)6-8/h4-6H,7H2,1-3H3. The van der Waals surface area contributed by atoms with Gasteiger partial charge in [-0.15, -0.1) is 0 Å². The van der Waals surface area contributed by atoms with Crippen LogP contribution in [0.4, 0.5) is 10.1 Å². The van der Waals surface area contributed by atoms with E-state index >= 15 is 0 Å². The van der Waals surface area contributed by atoms with Crippen LogP contribution in [0.25, 0.3) is 0 Å². The van der Waals surface area contributed by atoms with Crippen LogP contribution in [-0.4, -0.2) is 16.5 Å².